The number of rotatable bonds is 5. The second-order valence-corrected chi connectivity index (χ2v) is 5.96. The summed E-state index contributed by atoms with van der Waals surface area (Å²) in [5.41, 5.74) is 7.63. The molecule has 0 aliphatic heterocycles. The molecule has 0 atom stereocenters. The number of anilines is 2. The quantitative estimate of drug-likeness (QED) is 0.648. The fourth-order valence-corrected chi connectivity index (χ4v) is 2.55. The van der Waals surface area contributed by atoms with Crippen molar-refractivity contribution in [1.82, 2.24) is 4.98 Å². The van der Waals surface area contributed by atoms with Crippen molar-refractivity contribution >= 4 is 40.6 Å². The first-order valence-electron chi connectivity index (χ1n) is 6.37. The van der Waals surface area contributed by atoms with Crippen molar-refractivity contribution in [3.8, 4) is 0 Å². The van der Waals surface area contributed by atoms with Crippen LogP contribution in [0.4, 0.5) is 11.4 Å². The van der Waals surface area contributed by atoms with Crippen LogP contribution in [0.25, 0.3) is 0 Å². The molecule has 7 heteroatoms. The third-order valence-electron chi connectivity index (χ3n) is 2.84. The van der Waals surface area contributed by atoms with Gasteiger partial charge in [0, 0.05) is 17.9 Å². The van der Waals surface area contributed by atoms with Crippen LogP contribution in [0.3, 0.4) is 0 Å². The number of nitrogens with zero attached hydrogens (tertiary/aromatic N) is 1. The molecule has 21 heavy (non-hydrogen) atoms. The molecule has 3 N–H and O–H groups in total. The first-order chi connectivity index (χ1) is 9.95. The van der Waals surface area contributed by atoms with E-state index in [0.29, 0.717) is 33.8 Å². The molecule has 0 saturated heterocycles. The Hall–Kier alpha value is -1.66. The number of aromatic nitrogens is 1. The van der Waals surface area contributed by atoms with Gasteiger partial charge in [-0.15, -0.1) is 0 Å². The lowest BCUT2D eigenvalue weighted by Gasteiger charge is -2.06. The molecule has 1 aromatic heterocycles. The number of carbonyl (C=O) groups is 1. The molecule has 0 saturated carbocycles. The minimum absolute atomic E-state index is 0.0933. The largest absolute Gasteiger partial charge is 0.437 e. The molecule has 112 valence electrons. The first kappa shape index (κ1) is 15.7. The molecule has 0 spiro atoms. The topological polar surface area (TPSA) is 81.2 Å². The van der Waals surface area contributed by atoms with Crippen LogP contribution in [-0.4, -0.2) is 16.6 Å². The Balaban J connectivity index is 1.80. The van der Waals surface area contributed by atoms with Crippen LogP contribution in [0.5, 0.6) is 0 Å². The molecule has 0 radical (unpaired) electrons. The number of nitrogens with one attached hydrogen (secondary N) is 1. The second-order valence-electron chi connectivity index (χ2n) is 4.50. The normalized spacial score (nSPS) is 10.6. The molecule has 0 bridgehead atoms. The van der Waals surface area contributed by atoms with Crippen LogP contribution < -0.4 is 11.1 Å². The van der Waals surface area contributed by atoms with Gasteiger partial charge in [0.15, 0.2) is 0 Å². The van der Waals surface area contributed by atoms with Gasteiger partial charge in [-0.2, -0.15) is 0 Å². The van der Waals surface area contributed by atoms with Crippen molar-refractivity contribution < 1.29 is 9.21 Å². The molecule has 2 aromatic rings. The number of hydrogen-bond acceptors (Lipinski definition) is 5. The number of nitrogen functional groups attached to an aromatic ring is 1. The van der Waals surface area contributed by atoms with Crippen LogP contribution in [-0.2, 0) is 4.79 Å². The molecule has 0 unspecified atom stereocenters. The van der Waals surface area contributed by atoms with E-state index >= 15 is 0 Å². The zero-order chi connectivity index (χ0) is 15.4. The Morgan fingerprint density at radius 1 is 1.48 bits per heavy atom. The molecular formula is C14H16ClN3O2S. The summed E-state index contributed by atoms with van der Waals surface area (Å²) in [5.74, 6) is 1.30. The standard InChI is InChI=1S/C14H16ClN3O2S/c1-8-9(2)20-14(17-8)21-6-5-13(19)18-10-3-4-11(15)12(16)7-10/h3-4,7H,5-6,16H2,1-2H3,(H,18,19). The van der Waals surface area contributed by atoms with Gasteiger partial charge >= 0.3 is 0 Å². The van der Waals surface area contributed by atoms with Gasteiger partial charge in [0.2, 0.25) is 5.91 Å². The van der Waals surface area contributed by atoms with Crippen LogP contribution in [0, 0.1) is 13.8 Å². The molecule has 0 fully saturated rings. The van der Waals surface area contributed by atoms with Crippen molar-refractivity contribution in [2.24, 2.45) is 0 Å². The fourth-order valence-electron chi connectivity index (χ4n) is 1.58. The number of carbonyl (C=O) groups excluding carboxylic acids is 1. The van der Waals surface area contributed by atoms with Crippen molar-refractivity contribution in [3.05, 3.63) is 34.7 Å². The van der Waals surface area contributed by atoms with Crippen molar-refractivity contribution in [2.45, 2.75) is 25.5 Å². The van der Waals surface area contributed by atoms with E-state index < -0.39 is 0 Å². The Labute approximate surface area is 132 Å². The van der Waals surface area contributed by atoms with E-state index in [1.54, 1.807) is 18.2 Å². The van der Waals surface area contributed by atoms with Crippen LogP contribution in [0.15, 0.2) is 27.8 Å². The lowest BCUT2D eigenvalue weighted by molar-refractivity contribution is -0.115. The predicted octanol–water partition coefficient (Wildman–Crippen LogP) is 3.65. The minimum atomic E-state index is -0.0933. The summed E-state index contributed by atoms with van der Waals surface area (Å²) >= 11 is 7.24. The van der Waals surface area contributed by atoms with Gasteiger partial charge in [-0.25, -0.2) is 4.98 Å². The molecule has 2 rings (SSSR count). The maximum atomic E-state index is 11.8. The summed E-state index contributed by atoms with van der Waals surface area (Å²) in [6.07, 6.45) is 0.355. The zero-order valence-electron chi connectivity index (χ0n) is 11.8. The van der Waals surface area contributed by atoms with Crippen LogP contribution in [0.2, 0.25) is 5.02 Å². The average Bonchev–Trinajstić information content (AvgIpc) is 2.73. The first-order valence-corrected chi connectivity index (χ1v) is 7.74. The summed E-state index contributed by atoms with van der Waals surface area (Å²) in [6, 6.07) is 5.00. The summed E-state index contributed by atoms with van der Waals surface area (Å²) in [4.78, 5) is 16.1. The van der Waals surface area contributed by atoms with Gasteiger partial charge in [-0.1, -0.05) is 23.4 Å². The number of hydrogen-bond donors (Lipinski definition) is 2. The van der Waals surface area contributed by atoms with Gasteiger partial charge < -0.3 is 15.5 Å². The molecule has 0 aliphatic rings. The smallest absolute Gasteiger partial charge is 0.256 e. The highest BCUT2D eigenvalue weighted by molar-refractivity contribution is 7.99. The third-order valence-corrected chi connectivity index (χ3v) is 4.02. The van der Waals surface area contributed by atoms with E-state index in [1.165, 1.54) is 11.8 Å². The predicted molar refractivity (Wildman–Crippen MR) is 85.8 cm³/mol. The lowest BCUT2D eigenvalue weighted by atomic mass is 10.2. The highest BCUT2D eigenvalue weighted by Gasteiger charge is 2.08. The number of oxazole rings is 1. The van der Waals surface area contributed by atoms with Crippen molar-refractivity contribution in [1.29, 1.82) is 0 Å². The molecule has 1 amide bonds. The number of benzene rings is 1. The van der Waals surface area contributed by atoms with E-state index in [0.717, 1.165) is 11.5 Å². The van der Waals surface area contributed by atoms with E-state index in [9.17, 15) is 4.79 Å². The van der Waals surface area contributed by atoms with Crippen LogP contribution >= 0.6 is 23.4 Å². The molecule has 5 nitrogen and oxygen atoms in total. The number of nitrogens with two attached hydrogens (primary N) is 1. The Bertz CT molecular complexity index is 638. The Kier molecular flexibility index (Phi) is 5.14. The molecule has 1 heterocycles. The van der Waals surface area contributed by atoms with Crippen molar-refractivity contribution in [3.63, 3.8) is 0 Å². The lowest BCUT2D eigenvalue weighted by Crippen LogP contribution is -2.12. The van der Waals surface area contributed by atoms with E-state index in [2.05, 4.69) is 10.3 Å². The third kappa shape index (κ3) is 4.41. The van der Waals surface area contributed by atoms with E-state index in [1.807, 2.05) is 13.8 Å². The van der Waals surface area contributed by atoms with E-state index in [4.69, 9.17) is 21.8 Å². The Morgan fingerprint density at radius 2 is 2.24 bits per heavy atom. The average molecular weight is 326 g/mol. The number of aryl methyl sites for hydroxylation is 2. The minimum Gasteiger partial charge on any atom is -0.437 e. The number of halogens is 1. The maximum absolute atomic E-state index is 11.8. The monoisotopic (exact) mass is 325 g/mol. The van der Waals surface area contributed by atoms with Crippen molar-refractivity contribution in [2.75, 3.05) is 16.8 Å². The summed E-state index contributed by atoms with van der Waals surface area (Å²) in [7, 11) is 0. The highest BCUT2D eigenvalue weighted by atomic mass is 35.5. The maximum Gasteiger partial charge on any atom is 0.256 e. The van der Waals surface area contributed by atoms with Gasteiger partial charge in [0.1, 0.15) is 5.76 Å². The number of thioether (sulfide) groups is 1. The van der Waals surface area contributed by atoms with Gasteiger partial charge in [0.05, 0.1) is 16.4 Å². The highest BCUT2D eigenvalue weighted by Crippen LogP contribution is 2.23. The van der Waals surface area contributed by atoms with E-state index in [-0.39, 0.29) is 5.91 Å². The zero-order valence-corrected chi connectivity index (χ0v) is 13.3. The van der Waals surface area contributed by atoms with Gasteiger partial charge in [0.25, 0.3) is 5.22 Å². The second kappa shape index (κ2) is 6.87. The SMILES string of the molecule is Cc1nc(SCCC(=O)Nc2ccc(Cl)c(N)c2)oc1C. The molecular weight excluding hydrogens is 310 g/mol. The van der Waals surface area contributed by atoms with Gasteiger partial charge in [-0.05, 0) is 32.0 Å². The fraction of sp³-hybridized carbons (Fsp3) is 0.286. The summed E-state index contributed by atoms with van der Waals surface area (Å²) < 4.78 is 5.43. The Morgan fingerprint density at radius 3 is 2.86 bits per heavy atom. The summed E-state index contributed by atoms with van der Waals surface area (Å²) in [5, 5.41) is 3.83. The van der Waals surface area contributed by atoms with Crippen LogP contribution in [0.1, 0.15) is 17.9 Å². The number of amides is 1. The molecule has 1 aromatic carbocycles. The van der Waals surface area contributed by atoms with Gasteiger partial charge in [-0.3, -0.25) is 4.79 Å². The molecule has 0 aliphatic carbocycles. The summed E-state index contributed by atoms with van der Waals surface area (Å²) in [6.45, 7) is 3.75.